The maximum absolute atomic E-state index is 12.7. The van der Waals surface area contributed by atoms with Gasteiger partial charge in [-0.3, -0.25) is 4.79 Å². The third-order valence-electron chi connectivity index (χ3n) is 1.56. The van der Waals surface area contributed by atoms with Gasteiger partial charge in [-0.1, -0.05) is 11.6 Å². The van der Waals surface area contributed by atoms with Crippen LogP contribution in [0, 0.1) is 0 Å². The van der Waals surface area contributed by atoms with Crippen LogP contribution in [0.5, 0.6) is 5.88 Å². The predicted octanol–water partition coefficient (Wildman–Crippen LogP) is 2.63. The Balaban J connectivity index is 2.94. The third kappa shape index (κ3) is 4.10. The Morgan fingerprint density at radius 3 is 2.65 bits per heavy atom. The van der Waals surface area contributed by atoms with Crippen molar-refractivity contribution in [1.82, 2.24) is 4.98 Å². The van der Waals surface area contributed by atoms with Gasteiger partial charge in [0.15, 0.2) is 0 Å². The van der Waals surface area contributed by atoms with Crippen LogP contribution in [-0.2, 0) is 4.79 Å². The lowest BCUT2D eigenvalue weighted by Gasteiger charge is -2.13. The van der Waals surface area contributed by atoms with Gasteiger partial charge < -0.3 is 10.1 Å². The van der Waals surface area contributed by atoms with E-state index in [4.69, 9.17) is 11.6 Å². The number of hydrogen-bond acceptors (Lipinski definition) is 3. The summed E-state index contributed by atoms with van der Waals surface area (Å²) >= 11 is 5.50. The van der Waals surface area contributed by atoms with Gasteiger partial charge in [0.05, 0.1) is 0 Å². The number of anilines is 1. The maximum atomic E-state index is 12.7. The minimum atomic E-state index is -3.32. The van der Waals surface area contributed by atoms with Gasteiger partial charge in [0.1, 0.15) is 10.8 Å². The second kappa shape index (κ2) is 5.72. The molecule has 94 valence electrons. The highest BCUT2D eigenvalue weighted by Crippen LogP contribution is 2.26. The number of ether oxygens (including phenoxy) is 1. The van der Waals surface area contributed by atoms with Gasteiger partial charge >= 0.3 is 6.43 Å². The highest BCUT2D eigenvalue weighted by molar-refractivity contribution is 6.29. The lowest BCUT2D eigenvalue weighted by molar-refractivity contribution is -0.114. The molecule has 0 bridgehead atoms. The molecule has 0 aromatic carbocycles. The van der Waals surface area contributed by atoms with Crippen LogP contribution in [0.4, 0.5) is 18.9 Å². The summed E-state index contributed by atoms with van der Waals surface area (Å²) in [7, 11) is 0. The van der Waals surface area contributed by atoms with E-state index in [1.165, 1.54) is 19.1 Å². The molecule has 1 atom stereocenters. The fraction of sp³-hybridized carbons (Fsp3) is 0.333. The van der Waals surface area contributed by atoms with Crippen LogP contribution in [0.1, 0.15) is 6.92 Å². The number of nitrogens with one attached hydrogen (secondary N) is 1. The van der Waals surface area contributed by atoms with Gasteiger partial charge in [0.2, 0.25) is 11.8 Å². The SMILES string of the molecule is CC(=O)Nc1ccc(Cl)nc1OC(F)C(F)F. The lowest BCUT2D eigenvalue weighted by atomic mass is 10.4. The first kappa shape index (κ1) is 13.6. The second-order valence-electron chi connectivity index (χ2n) is 2.97. The van der Waals surface area contributed by atoms with Gasteiger partial charge in [-0.2, -0.15) is 9.37 Å². The van der Waals surface area contributed by atoms with Crippen molar-refractivity contribution >= 4 is 23.2 Å². The van der Waals surface area contributed by atoms with Crippen molar-refractivity contribution in [2.24, 2.45) is 0 Å². The molecule has 1 aromatic rings. The first-order valence-corrected chi connectivity index (χ1v) is 4.81. The van der Waals surface area contributed by atoms with E-state index in [9.17, 15) is 18.0 Å². The van der Waals surface area contributed by atoms with E-state index >= 15 is 0 Å². The van der Waals surface area contributed by atoms with E-state index in [-0.39, 0.29) is 10.8 Å². The summed E-state index contributed by atoms with van der Waals surface area (Å²) in [5.74, 6) is -0.980. The second-order valence-corrected chi connectivity index (χ2v) is 3.36. The molecule has 0 aliphatic rings. The Labute approximate surface area is 99.7 Å². The highest BCUT2D eigenvalue weighted by atomic mass is 35.5. The largest absolute Gasteiger partial charge is 0.435 e. The summed E-state index contributed by atoms with van der Waals surface area (Å²) in [6, 6.07) is 2.57. The molecule has 0 saturated carbocycles. The van der Waals surface area contributed by atoms with Crippen molar-refractivity contribution < 1.29 is 22.7 Å². The van der Waals surface area contributed by atoms with E-state index in [0.717, 1.165) is 0 Å². The van der Waals surface area contributed by atoms with E-state index in [0.29, 0.717) is 0 Å². The molecule has 0 spiro atoms. The number of hydrogen-bond donors (Lipinski definition) is 1. The molecule has 0 radical (unpaired) electrons. The van der Waals surface area contributed by atoms with Crippen molar-refractivity contribution in [3.8, 4) is 5.88 Å². The molecule has 1 aromatic heterocycles. The lowest BCUT2D eigenvalue weighted by Crippen LogP contribution is -2.21. The summed E-state index contributed by atoms with van der Waals surface area (Å²) in [4.78, 5) is 14.3. The molecular weight excluding hydrogens is 261 g/mol. The highest BCUT2D eigenvalue weighted by Gasteiger charge is 2.23. The Hall–Kier alpha value is -1.50. The van der Waals surface area contributed by atoms with Gasteiger partial charge in [0, 0.05) is 6.92 Å². The minimum Gasteiger partial charge on any atom is -0.435 e. The Morgan fingerprint density at radius 1 is 1.47 bits per heavy atom. The maximum Gasteiger partial charge on any atom is 0.304 e. The normalized spacial score (nSPS) is 12.4. The van der Waals surface area contributed by atoms with Crippen LogP contribution in [0.3, 0.4) is 0 Å². The summed E-state index contributed by atoms with van der Waals surface area (Å²) in [6.45, 7) is 1.19. The minimum absolute atomic E-state index is 0.0369. The molecule has 0 aliphatic heterocycles. The van der Waals surface area contributed by atoms with Gasteiger partial charge in [-0.15, -0.1) is 0 Å². The molecule has 0 fully saturated rings. The molecule has 4 nitrogen and oxygen atoms in total. The zero-order valence-corrected chi connectivity index (χ0v) is 9.34. The number of amides is 1. The van der Waals surface area contributed by atoms with Gasteiger partial charge in [-0.05, 0) is 12.1 Å². The molecule has 17 heavy (non-hydrogen) atoms. The molecular formula is C9H8ClF3N2O2. The quantitative estimate of drug-likeness (QED) is 0.854. The van der Waals surface area contributed by atoms with Crippen LogP contribution in [0.15, 0.2) is 12.1 Å². The molecule has 0 saturated heterocycles. The van der Waals surface area contributed by atoms with Crippen LogP contribution >= 0.6 is 11.6 Å². The molecule has 1 amide bonds. The number of carbonyl (C=O) groups is 1. The summed E-state index contributed by atoms with van der Waals surface area (Å²) in [5, 5.41) is 2.17. The first-order valence-electron chi connectivity index (χ1n) is 4.43. The van der Waals surface area contributed by atoms with E-state index in [2.05, 4.69) is 15.0 Å². The number of alkyl halides is 3. The summed E-state index contributed by atoms with van der Waals surface area (Å²) in [5.41, 5.74) is -0.0369. The number of nitrogens with zero attached hydrogens (tertiary/aromatic N) is 1. The van der Waals surface area contributed by atoms with Crippen LogP contribution < -0.4 is 10.1 Å². The van der Waals surface area contributed by atoms with Crippen molar-refractivity contribution in [2.45, 2.75) is 19.7 Å². The number of halogens is 4. The van der Waals surface area contributed by atoms with Crippen molar-refractivity contribution in [3.05, 3.63) is 17.3 Å². The fourth-order valence-electron chi connectivity index (χ4n) is 0.951. The van der Waals surface area contributed by atoms with Crippen LogP contribution in [-0.4, -0.2) is 23.7 Å². The monoisotopic (exact) mass is 268 g/mol. The Morgan fingerprint density at radius 2 is 2.12 bits per heavy atom. The Bertz CT molecular complexity index is 417. The summed E-state index contributed by atoms with van der Waals surface area (Å²) < 4.78 is 40.9. The molecule has 1 rings (SSSR count). The van der Waals surface area contributed by atoms with Gasteiger partial charge in [0.25, 0.3) is 6.36 Å². The standard InChI is InChI=1S/C9H8ClF3N2O2/c1-4(16)14-5-2-3-6(10)15-9(5)17-8(13)7(11)12/h2-3,7-8H,1H3,(H,14,16). The van der Waals surface area contributed by atoms with Gasteiger partial charge in [-0.25, -0.2) is 8.78 Å². The average Bonchev–Trinajstić information content (AvgIpc) is 2.21. The number of carbonyl (C=O) groups excluding carboxylic acids is 1. The molecule has 0 aliphatic carbocycles. The number of rotatable bonds is 4. The third-order valence-corrected chi connectivity index (χ3v) is 1.77. The summed E-state index contributed by atoms with van der Waals surface area (Å²) in [6.07, 6.45) is -6.16. The zero-order chi connectivity index (χ0) is 13.0. The number of pyridine rings is 1. The smallest absolute Gasteiger partial charge is 0.304 e. The fourth-order valence-corrected chi connectivity index (χ4v) is 1.09. The average molecular weight is 269 g/mol. The van der Waals surface area contributed by atoms with Crippen molar-refractivity contribution in [2.75, 3.05) is 5.32 Å². The topological polar surface area (TPSA) is 51.2 Å². The molecule has 1 unspecified atom stereocenters. The van der Waals surface area contributed by atoms with Crippen molar-refractivity contribution in [3.63, 3.8) is 0 Å². The zero-order valence-electron chi connectivity index (χ0n) is 8.58. The van der Waals surface area contributed by atoms with E-state index < -0.39 is 24.6 Å². The van der Waals surface area contributed by atoms with Crippen LogP contribution in [0.2, 0.25) is 5.15 Å². The molecule has 8 heteroatoms. The molecule has 1 N–H and O–H groups in total. The van der Waals surface area contributed by atoms with Crippen molar-refractivity contribution in [1.29, 1.82) is 0 Å². The first-order chi connectivity index (χ1) is 7.90. The number of aromatic nitrogens is 1. The molecule has 1 heterocycles. The van der Waals surface area contributed by atoms with E-state index in [1.807, 2.05) is 0 Å². The Kier molecular flexibility index (Phi) is 4.56. The van der Waals surface area contributed by atoms with Crippen LogP contribution in [0.25, 0.3) is 0 Å². The van der Waals surface area contributed by atoms with E-state index in [1.54, 1.807) is 0 Å². The predicted molar refractivity (Wildman–Crippen MR) is 55.1 cm³/mol.